The number of ether oxygens (including phenoxy) is 1. The third-order valence-electron chi connectivity index (χ3n) is 14.5. The van der Waals surface area contributed by atoms with E-state index < -0.39 is 110 Å². The van der Waals surface area contributed by atoms with Gasteiger partial charge in [-0.25, -0.2) is 39.7 Å². The number of alkyl carbamates (subject to hydrolysis) is 1. The van der Waals surface area contributed by atoms with E-state index in [-0.39, 0.29) is 51.5 Å². The van der Waals surface area contributed by atoms with Crippen LogP contribution in [0.2, 0.25) is 0 Å². The van der Waals surface area contributed by atoms with Gasteiger partial charge in [-0.3, -0.25) is 28.8 Å². The lowest BCUT2D eigenvalue weighted by molar-refractivity contribution is -0.134. The number of primary amides is 2. The number of thiazole rings is 6. The van der Waals surface area contributed by atoms with Crippen LogP contribution in [0.25, 0.3) is 43.4 Å². The monoisotopic (exact) mass is 1320 g/mol. The first kappa shape index (κ1) is 61.8. The van der Waals surface area contributed by atoms with Gasteiger partial charge in [-0.1, -0.05) is 49.4 Å². The number of carbonyl (C=O) groups excluding carboxylic acids is 7. The lowest BCUT2D eigenvalue weighted by Gasteiger charge is -2.29. The number of phenolic OH excluding ortho intramolecular Hbond substituents is 1. The molecule has 458 valence electrons. The Kier molecular flexibility index (Phi) is 18.4. The number of hydrogen-bond donors (Lipinski definition) is 10. The molecule has 7 atom stereocenters. The summed E-state index contributed by atoms with van der Waals surface area (Å²) in [6.07, 6.45) is -3.97. The number of aliphatic hydroxyl groups is 3. The molecule has 2 aromatic carbocycles. The lowest BCUT2D eigenvalue weighted by atomic mass is 10.00. The second-order valence-electron chi connectivity index (χ2n) is 20.5. The molecule has 9 aromatic rings. The van der Waals surface area contributed by atoms with E-state index in [2.05, 4.69) is 36.2 Å². The first-order valence-electron chi connectivity index (χ1n) is 27.1. The normalized spacial score (nSPS) is 19.2. The number of aromatic nitrogens is 7. The Hall–Kier alpha value is -8.86. The van der Waals surface area contributed by atoms with E-state index >= 15 is 4.79 Å². The minimum atomic E-state index is -1.45. The number of fused-ring (bicyclic) bond motifs is 16. The molecule has 0 unspecified atom stereocenters. The molecule has 0 radical (unpaired) electrons. The van der Waals surface area contributed by atoms with Crippen LogP contribution in [0, 0.1) is 12.8 Å². The van der Waals surface area contributed by atoms with Gasteiger partial charge in [0.25, 0.3) is 23.6 Å². The number of hydrogen-bond acceptors (Lipinski definition) is 25. The van der Waals surface area contributed by atoms with Crippen LogP contribution >= 0.6 is 68.0 Å². The fourth-order valence-electron chi connectivity index (χ4n) is 9.93. The molecule has 32 heteroatoms. The van der Waals surface area contributed by atoms with Crippen LogP contribution in [0.15, 0.2) is 93.6 Å². The molecule has 11 rings (SSSR count). The van der Waals surface area contributed by atoms with Crippen molar-refractivity contribution >= 4 is 110 Å². The van der Waals surface area contributed by atoms with E-state index in [0.29, 0.717) is 64.4 Å². The predicted molar refractivity (Wildman–Crippen MR) is 330 cm³/mol. The third kappa shape index (κ3) is 13.4. The third-order valence-corrected chi connectivity index (χ3v) is 20.0. The highest BCUT2D eigenvalue weighted by Crippen LogP contribution is 2.44. The van der Waals surface area contributed by atoms with Crippen molar-refractivity contribution in [1.82, 2.24) is 61.1 Å². The summed E-state index contributed by atoms with van der Waals surface area (Å²) >= 11 is 6.65. The molecule has 10 bridgehead atoms. The lowest BCUT2D eigenvalue weighted by Crippen LogP contribution is -2.50. The van der Waals surface area contributed by atoms with Gasteiger partial charge in [-0.2, -0.15) is 0 Å². The van der Waals surface area contributed by atoms with Crippen molar-refractivity contribution in [2.45, 2.75) is 69.1 Å². The number of nitrogens with two attached hydrogens (primary N) is 2. The van der Waals surface area contributed by atoms with Gasteiger partial charge in [-0.15, -0.1) is 68.0 Å². The van der Waals surface area contributed by atoms with E-state index in [1.807, 2.05) is 0 Å². The zero-order valence-electron chi connectivity index (χ0n) is 46.6. The summed E-state index contributed by atoms with van der Waals surface area (Å²) in [4.78, 5) is 132. The Bertz CT molecular complexity index is 4140. The van der Waals surface area contributed by atoms with Crippen LogP contribution in [0.5, 0.6) is 5.75 Å². The topological polar surface area (TPSA) is 403 Å². The summed E-state index contributed by atoms with van der Waals surface area (Å²) in [6.45, 7) is 1.98. The molecule has 7 amide bonds. The smallest absolute Gasteiger partial charge is 0.407 e. The number of nitrogens with zero attached hydrogens (tertiary/aromatic N) is 8. The number of pyridine rings is 1. The number of carbonyl (C=O) groups is 7. The van der Waals surface area contributed by atoms with E-state index in [4.69, 9.17) is 36.1 Å². The maximum atomic E-state index is 15.5. The molecule has 0 spiro atoms. The Labute approximate surface area is 528 Å². The fraction of sp³-hybridized carbons (Fsp3) is 0.263. The Morgan fingerprint density at radius 2 is 1.33 bits per heavy atom. The minimum absolute atomic E-state index is 0.0357. The Morgan fingerprint density at radius 1 is 0.685 bits per heavy atom. The van der Waals surface area contributed by atoms with Crippen molar-refractivity contribution in [3.05, 3.63) is 147 Å². The SMILES string of the molecule is Cc1sc2nc1C(=O)N[C@@H]([C@H](O)c1ccccc1)c1nc(cs1)C(=O)N[C@@H](Cc1ccc(O)cc1)C(=O)N1C[C@H](OC(=O)NC(CO)CO)[C@H](C)[C@H]1c1nc(cs1)-c1nc(cs1)-c1nc(-c3nc(C(N)=O)cs3)ccc1-c1nc(cs1)C(=O)N[C@H]2CC(N)=O. The molecule has 12 N–H and O–H groups in total. The van der Waals surface area contributed by atoms with Gasteiger partial charge in [0, 0.05) is 49.7 Å². The van der Waals surface area contributed by atoms with Crippen molar-refractivity contribution in [3.8, 4) is 49.1 Å². The maximum Gasteiger partial charge on any atom is 0.407 e. The minimum Gasteiger partial charge on any atom is -0.508 e. The van der Waals surface area contributed by atoms with Gasteiger partial charge in [0.1, 0.15) is 99.9 Å². The van der Waals surface area contributed by atoms with Gasteiger partial charge in [0.05, 0.1) is 50.0 Å². The number of aliphatic hydroxyl groups excluding tert-OH is 3. The molecular formula is C57H52N14O12S6. The van der Waals surface area contributed by atoms with Crippen LogP contribution < -0.4 is 32.7 Å². The zero-order valence-corrected chi connectivity index (χ0v) is 51.5. The zero-order chi connectivity index (χ0) is 62.8. The molecule has 26 nitrogen and oxygen atoms in total. The number of amides is 7. The van der Waals surface area contributed by atoms with Gasteiger partial charge >= 0.3 is 6.09 Å². The number of aromatic hydroxyl groups is 1. The average Bonchev–Trinajstić information content (AvgIpc) is 2.53. The number of rotatable bonds is 12. The van der Waals surface area contributed by atoms with Crippen molar-refractivity contribution in [2.75, 3.05) is 19.8 Å². The van der Waals surface area contributed by atoms with E-state index in [0.717, 1.165) is 45.3 Å². The largest absolute Gasteiger partial charge is 0.508 e. The summed E-state index contributed by atoms with van der Waals surface area (Å²) < 4.78 is 5.92. The van der Waals surface area contributed by atoms with E-state index in [1.165, 1.54) is 55.8 Å². The molecule has 1 fully saturated rings. The van der Waals surface area contributed by atoms with Crippen LogP contribution in [-0.2, 0) is 20.7 Å². The molecule has 0 saturated carbocycles. The van der Waals surface area contributed by atoms with Crippen molar-refractivity contribution < 1.29 is 58.7 Å². The predicted octanol–water partition coefficient (Wildman–Crippen LogP) is 5.47. The van der Waals surface area contributed by atoms with Crippen LogP contribution in [0.3, 0.4) is 0 Å². The second-order valence-corrected chi connectivity index (χ2v) is 26.1. The van der Waals surface area contributed by atoms with Crippen molar-refractivity contribution in [3.63, 3.8) is 0 Å². The standard InChI is InChI=1S/C57H52N14O12S6/c1-24-39(83-57(82)60-28(17-72)18-73)16-71-44(24)55-68-38(23-88-55)52-64-34(19-85-52)42-30(12-13-31(61-42)51-65-35(20-86-51)46(59)77)50-66-36(21-84-50)47(78)62-32(15-40(58)75)53-70-41(25(2)89-53)49(80)69-43(45(76)27-6-4-3-5-7-27)54-67-37(22-87-54)48(79)63-33(56(71)81)14-26-8-10-29(74)11-9-26/h3-13,19-24,28,32-33,39,43-45,72-74,76H,14-18H2,1-2H3,(H2,58,75)(H2,59,77)(H,60,82)(H,62,78)(H,63,79)(H,69,80)/t24-,32-,33-,39-,43-,44-,45+/m0/s1. The Balaban J connectivity index is 1.03. The highest BCUT2D eigenvalue weighted by atomic mass is 32.1. The fourth-order valence-corrected chi connectivity index (χ4v) is 15.2. The summed E-state index contributed by atoms with van der Waals surface area (Å²) in [5.41, 5.74) is 13.7. The molecule has 89 heavy (non-hydrogen) atoms. The number of nitrogens with one attached hydrogen (secondary N) is 4. The van der Waals surface area contributed by atoms with Crippen LogP contribution in [-0.4, -0.2) is 140 Å². The summed E-state index contributed by atoms with van der Waals surface area (Å²) in [7, 11) is 0. The molecule has 0 aliphatic carbocycles. The summed E-state index contributed by atoms with van der Waals surface area (Å²) in [6, 6.07) is 12.1. The Morgan fingerprint density at radius 3 is 2.04 bits per heavy atom. The van der Waals surface area contributed by atoms with E-state index in [9.17, 15) is 49.2 Å². The first-order valence-corrected chi connectivity index (χ1v) is 32.3. The molecule has 2 aliphatic rings. The average molecular weight is 1320 g/mol. The highest BCUT2D eigenvalue weighted by Gasteiger charge is 2.48. The molecule has 2 aliphatic heterocycles. The van der Waals surface area contributed by atoms with Crippen molar-refractivity contribution in [1.29, 1.82) is 0 Å². The summed E-state index contributed by atoms with van der Waals surface area (Å²) in [5.74, 6) is -5.18. The van der Waals surface area contributed by atoms with Gasteiger partial charge in [0.2, 0.25) is 11.8 Å². The molecule has 9 heterocycles. The van der Waals surface area contributed by atoms with Gasteiger partial charge in [-0.05, 0) is 42.3 Å². The second kappa shape index (κ2) is 26.5. The number of phenols is 1. The number of aryl methyl sites for hydroxylation is 1. The molecule has 7 aromatic heterocycles. The van der Waals surface area contributed by atoms with Crippen LogP contribution in [0.1, 0.15) is 111 Å². The molecular weight excluding hydrogens is 1270 g/mol. The maximum absolute atomic E-state index is 15.5. The number of benzene rings is 2. The van der Waals surface area contributed by atoms with Gasteiger partial charge in [0.15, 0.2) is 0 Å². The highest BCUT2D eigenvalue weighted by molar-refractivity contribution is 7.15. The van der Waals surface area contributed by atoms with E-state index in [1.54, 1.807) is 79.2 Å². The quantitative estimate of drug-likeness (QED) is 0.0724. The van der Waals surface area contributed by atoms with Gasteiger partial charge < -0.3 is 62.8 Å². The summed E-state index contributed by atoms with van der Waals surface area (Å²) in [5, 5.41) is 62.4. The molecule has 1 saturated heterocycles. The van der Waals surface area contributed by atoms with Crippen molar-refractivity contribution in [2.24, 2.45) is 17.4 Å². The first-order chi connectivity index (χ1) is 42.8. The van der Waals surface area contributed by atoms with Crippen LogP contribution in [0.4, 0.5) is 4.79 Å².